The molecule has 0 amide bonds. The minimum absolute atomic E-state index is 0.333. The van der Waals surface area contributed by atoms with Gasteiger partial charge >= 0.3 is 0 Å². The van der Waals surface area contributed by atoms with Crippen molar-refractivity contribution in [3.8, 4) is 0 Å². The lowest BCUT2D eigenvalue weighted by Gasteiger charge is -2.20. The summed E-state index contributed by atoms with van der Waals surface area (Å²) in [5.41, 5.74) is 1.21. The molecule has 2 rings (SSSR count). The molecule has 1 aliphatic carbocycles. The van der Waals surface area contributed by atoms with E-state index >= 15 is 0 Å². The molecular formula is C14H19NO2. The minimum atomic E-state index is -1.07. The van der Waals surface area contributed by atoms with Gasteiger partial charge in [0.25, 0.3) is 0 Å². The summed E-state index contributed by atoms with van der Waals surface area (Å²) in [4.78, 5) is 10.9. The maximum atomic E-state index is 10.9. The van der Waals surface area contributed by atoms with E-state index in [1.807, 2.05) is 12.1 Å². The molecule has 92 valence electrons. The molecule has 0 heterocycles. The van der Waals surface area contributed by atoms with Gasteiger partial charge in [-0.25, -0.2) is 0 Å². The van der Waals surface area contributed by atoms with E-state index in [0.717, 1.165) is 12.1 Å². The fourth-order valence-electron chi connectivity index (χ4n) is 2.56. The van der Waals surface area contributed by atoms with Gasteiger partial charge in [-0.1, -0.05) is 30.7 Å². The van der Waals surface area contributed by atoms with Crippen molar-refractivity contribution in [2.75, 3.05) is 0 Å². The van der Waals surface area contributed by atoms with Crippen LogP contribution >= 0.6 is 0 Å². The van der Waals surface area contributed by atoms with Crippen LogP contribution in [-0.4, -0.2) is 12.0 Å². The highest BCUT2D eigenvalue weighted by atomic mass is 16.4. The summed E-state index contributed by atoms with van der Waals surface area (Å²) in [6.45, 7) is 0.745. The smallest absolute Gasteiger partial charge is 0.102 e. The van der Waals surface area contributed by atoms with E-state index in [4.69, 9.17) is 0 Å². The van der Waals surface area contributed by atoms with Crippen molar-refractivity contribution in [3.05, 3.63) is 35.4 Å². The van der Waals surface area contributed by atoms with Gasteiger partial charge in [-0.3, -0.25) is 0 Å². The van der Waals surface area contributed by atoms with E-state index in [9.17, 15) is 9.90 Å². The number of rotatable bonds is 4. The molecule has 0 unspecified atom stereocenters. The Bertz CT molecular complexity index is 384. The lowest BCUT2D eigenvalue weighted by molar-refractivity contribution is -0.706. The molecule has 3 nitrogen and oxygen atoms in total. The number of carbonyl (C=O) groups excluding carboxylic acids is 1. The van der Waals surface area contributed by atoms with Crippen LogP contribution in [0.2, 0.25) is 0 Å². The van der Waals surface area contributed by atoms with E-state index < -0.39 is 5.97 Å². The van der Waals surface area contributed by atoms with Gasteiger partial charge in [0.1, 0.15) is 6.54 Å². The molecule has 1 aromatic rings. The average molecular weight is 233 g/mol. The number of carboxylic acid groups (broad SMARTS) is 1. The second-order valence-corrected chi connectivity index (χ2v) is 4.78. The molecule has 0 aromatic heterocycles. The largest absolute Gasteiger partial charge is 0.545 e. The van der Waals surface area contributed by atoms with Crippen LogP contribution in [0.3, 0.4) is 0 Å². The van der Waals surface area contributed by atoms with Crippen LogP contribution in [0, 0.1) is 0 Å². The van der Waals surface area contributed by atoms with Gasteiger partial charge in [-0.15, -0.1) is 0 Å². The lowest BCUT2D eigenvalue weighted by atomic mass is 9.95. The lowest BCUT2D eigenvalue weighted by Crippen LogP contribution is -2.88. The van der Waals surface area contributed by atoms with Crippen molar-refractivity contribution >= 4 is 5.97 Å². The molecule has 0 atom stereocenters. The molecule has 3 heteroatoms. The Balaban J connectivity index is 1.96. The van der Waals surface area contributed by atoms with Crippen molar-refractivity contribution in [3.63, 3.8) is 0 Å². The standard InChI is InChI=1S/C14H19NO2/c16-14(17)13-9-5-4-6-11(13)10-15-12-7-2-1-3-8-12/h4-6,9,12,15H,1-3,7-8,10H2,(H,16,17). The second-order valence-electron chi connectivity index (χ2n) is 4.78. The first-order valence-electron chi connectivity index (χ1n) is 6.40. The van der Waals surface area contributed by atoms with Crippen molar-refractivity contribution < 1.29 is 15.2 Å². The van der Waals surface area contributed by atoms with Crippen molar-refractivity contribution in [2.24, 2.45) is 0 Å². The van der Waals surface area contributed by atoms with Crippen LogP contribution in [0.25, 0.3) is 0 Å². The van der Waals surface area contributed by atoms with Gasteiger partial charge in [-0.2, -0.15) is 0 Å². The molecule has 1 aromatic carbocycles. The first-order chi connectivity index (χ1) is 8.27. The summed E-state index contributed by atoms with van der Waals surface area (Å²) < 4.78 is 0. The van der Waals surface area contributed by atoms with E-state index in [0.29, 0.717) is 11.6 Å². The van der Waals surface area contributed by atoms with Gasteiger partial charge in [0.05, 0.1) is 12.0 Å². The zero-order valence-corrected chi connectivity index (χ0v) is 10.0. The Labute approximate surface area is 102 Å². The SMILES string of the molecule is O=C([O-])c1ccccc1C[NH2+]C1CCCCC1. The molecule has 0 aliphatic heterocycles. The number of carbonyl (C=O) groups is 1. The Hall–Kier alpha value is -1.35. The van der Waals surface area contributed by atoms with Crippen LogP contribution in [0.15, 0.2) is 24.3 Å². The van der Waals surface area contributed by atoms with Crippen LogP contribution < -0.4 is 10.4 Å². The topological polar surface area (TPSA) is 56.7 Å². The fourth-order valence-corrected chi connectivity index (χ4v) is 2.56. The Morgan fingerprint density at radius 3 is 2.65 bits per heavy atom. The predicted molar refractivity (Wildman–Crippen MR) is 63.3 cm³/mol. The van der Waals surface area contributed by atoms with E-state index in [2.05, 4.69) is 5.32 Å². The molecule has 0 bridgehead atoms. The molecule has 2 N–H and O–H groups in total. The monoisotopic (exact) mass is 233 g/mol. The van der Waals surface area contributed by atoms with Crippen molar-refractivity contribution in [2.45, 2.75) is 44.7 Å². The third-order valence-corrected chi connectivity index (χ3v) is 3.56. The van der Waals surface area contributed by atoms with Crippen LogP contribution in [-0.2, 0) is 6.54 Å². The highest BCUT2D eigenvalue weighted by Gasteiger charge is 2.16. The Morgan fingerprint density at radius 1 is 1.24 bits per heavy atom. The molecule has 0 saturated heterocycles. The van der Waals surface area contributed by atoms with Gasteiger partial charge in [0, 0.05) is 11.1 Å². The molecule has 1 aliphatic rings. The van der Waals surface area contributed by atoms with Crippen LogP contribution in [0.1, 0.15) is 48.0 Å². The van der Waals surface area contributed by atoms with E-state index in [1.54, 1.807) is 12.1 Å². The Kier molecular flexibility index (Phi) is 4.15. The number of quaternary nitrogens is 1. The molecule has 17 heavy (non-hydrogen) atoms. The summed E-state index contributed by atoms with van der Waals surface area (Å²) in [6, 6.07) is 7.80. The number of nitrogens with two attached hydrogens (primary N) is 1. The maximum Gasteiger partial charge on any atom is 0.102 e. The average Bonchev–Trinajstić information content (AvgIpc) is 2.38. The normalized spacial score (nSPS) is 16.9. The first kappa shape index (κ1) is 12.1. The second kappa shape index (κ2) is 5.82. The van der Waals surface area contributed by atoms with Crippen LogP contribution in [0.5, 0.6) is 0 Å². The fraction of sp³-hybridized carbons (Fsp3) is 0.500. The minimum Gasteiger partial charge on any atom is -0.545 e. The van der Waals surface area contributed by atoms with Gasteiger partial charge in [0.2, 0.25) is 0 Å². The van der Waals surface area contributed by atoms with Crippen molar-refractivity contribution in [1.82, 2.24) is 0 Å². The third kappa shape index (κ3) is 3.30. The third-order valence-electron chi connectivity index (χ3n) is 3.56. The number of hydrogen-bond donors (Lipinski definition) is 1. The summed E-state index contributed by atoms with van der Waals surface area (Å²) in [5.74, 6) is -1.07. The molecule has 1 fully saturated rings. The molecule has 0 spiro atoms. The summed E-state index contributed by atoms with van der Waals surface area (Å²) >= 11 is 0. The van der Waals surface area contributed by atoms with Gasteiger partial charge in [0.15, 0.2) is 0 Å². The highest BCUT2D eigenvalue weighted by Crippen LogP contribution is 2.15. The summed E-state index contributed by atoms with van der Waals surface area (Å²) in [6.07, 6.45) is 6.48. The molecule has 1 saturated carbocycles. The van der Waals surface area contributed by atoms with Gasteiger partial charge in [-0.05, 0) is 25.7 Å². The van der Waals surface area contributed by atoms with Crippen LogP contribution in [0.4, 0.5) is 0 Å². The number of benzene rings is 1. The predicted octanol–water partition coefficient (Wildman–Crippen LogP) is 0.446. The molecule has 0 radical (unpaired) electrons. The van der Waals surface area contributed by atoms with Crippen molar-refractivity contribution in [1.29, 1.82) is 0 Å². The maximum absolute atomic E-state index is 10.9. The first-order valence-corrected chi connectivity index (χ1v) is 6.40. The number of aromatic carboxylic acids is 1. The Morgan fingerprint density at radius 2 is 1.94 bits per heavy atom. The number of carboxylic acids is 1. The zero-order valence-electron chi connectivity index (χ0n) is 10.0. The quantitative estimate of drug-likeness (QED) is 0.820. The zero-order chi connectivity index (χ0) is 12.1. The van der Waals surface area contributed by atoms with E-state index in [-0.39, 0.29) is 0 Å². The van der Waals surface area contributed by atoms with Gasteiger partial charge < -0.3 is 15.2 Å². The summed E-state index contributed by atoms with van der Waals surface area (Å²) in [7, 11) is 0. The molecular weight excluding hydrogens is 214 g/mol. The van der Waals surface area contributed by atoms with E-state index in [1.165, 1.54) is 32.1 Å². The summed E-state index contributed by atoms with van der Waals surface area (Å²) in [5, 5.41) is 13.2. The number of hydrogen-bond acceptors (Lipinski definition) is 2. The highest BCUT2D eigenvalue weighted by molar-refractivity contribution is 5.87.